The minimum atomic E-state index is -4.22. The van der Waals surface area contributed by atoms with Gasteiger partial charge in [0.25, 0.3) is 0 Å². The molecule has 1 heterocycles. The van der Waals surface area contributed by atoms with E-state index in [0.29, 0.717) is 11.5 Å². The van der Waals surface area contributed by atoms with E-state index in [1.807, 2.05) is 0 Å². The van der Waals surface area contributed by atoms with Crippen LogP contribution in [-0.2, 0) is 0 Å². The normalized spacial score (nSPS) is 15.9. The van der Waals surface area contributed by atoms with Crippen molar-refractivity contribution in [3.63, 3.8) is 0 Å². The van der Waals surface area contributed by atoms with E-state index in [-0.39, 0.29) is 13.3 Å². The molecule has 4 nitrogen and oxygen atoms in total. The van der Waals surface area contributed by atoms with E-state index < -0.39 is 18.8 Å². The zero-order chi connectivity index (χ0) is 14.0. The molecule has 0 aromatic heterocycles. The topological polar surface area (TPSA) is 47.7 Å². The summed E-state index contributed by atoms with van der Waals surface area (Å²) in [5.74, 6) is 1.20. The number of hydrogen-bond acceptors (Lipinski definition) is 4. The molecule has 0 saturated carbocycles. The van der Waals surface area contributed by atoms with E-state index in [9.17, 15) is 13.2 Å². The van der Waals surface area contributed by atoms with Gasteiger partial charge in [0.15, 0.2) is 11.5 Å². The van der Waals surface area contributed by atoms with Crippen molar-refractivity contribution in [1.82, 2.24) is 4.90 Å². The number of alkyl halides is 3. The first kappa shape index (κ1) is 14.0. The van der Waals surface area contributed by atoms with Crippen molar-refractivity contribution >= 4 is 0 Å². The van der Waals surface area contributed by atoms with Gasteiger partial charge in [-0.1, -0.05) is 6.07 Å². The summed E-state index contributed by atoms with van der Waals surface area (Å²) >= 11 is 0. The van der Waals surface area contributed by atoms with Crippen LogP contribution in [0.3, 0.4) is 0 Å². The smallest absolute Gasteiger partial charge is 0.401 e. The Bertz CT molecular complexity index is 451. The molecule has 1 aromatic rings. The van der Waals surface area contributed by atoms with Crippen LogP contribution in [0, 0.1) is 0 Å². The van der Waals surface area contributed by atoms with Crippen LogP contribution in [0.25, 0.3) is 0 Å². The Kier molecular flexibility index (Phi) is 3.86. The van der Waals surface area contributed by atoms with E-state index in [4.69, 9.17) is 15.2 Å². The zero-order valence-electron chi connectivity index (χ0n) is 10.4. The number of halogens is 3. The summed E-state index contributed by atoms with van der Waals surface area (Å²) in [7, 11) is 1.39. The van der Waals surface area contributed by atoms with Crippen molar-refractivity contribution in [3.8, 4) is 11.5 Å². The Morgan fingerprint density at radius 1 is 1.32 bits per heavy atom. The summed E-state index contributed by atoms with van der Waals surface area (Å²) in [4.78, 5) is 1.15. The molecule has 1 aliphatic heterocycles. The Labute approximate surface area is 108 Å². The fourth-order valence-corrected chi connectivity index (χ4v) is 1.96. The first-order valence-electron chi connectivity index (χ1n) is 5.75. The number of rotatable bonds is 4. The minimum Gasteiger partial charge on any atom is -0.454 e. The summed E-state index contributed by atoms with van der Waals surface area (Å²) in [5, 5.41) is 0. The van der Waals surface area contributed by atoms with Crippen LogP contribution in [0.5, 0.6) is 11.5 Å². The monoisotopic (exact) mass is 276 g/mol. The van der Waals surface area contributed by atoms with Gasteiger partial charge in [0, 0.05) is 12.6 Å². The maximum absolute atomic E-state index is 12.2. The molecule has 0 fully saturated rings. The van der Waals surface area contributed by atoms with Crippen LogP contribution >= 0.6 is 0 Å². The van der Waals surface area contributed by atoms with Crippen molar-refractivity contribution in [3.05, 3.63) is 23.8 Å². The van der Waals surface area contributed by atoms with Crippen LogP contribution in [0.2, 0.25) is 0 Å². The van der Waals surface area contributed by atoms with Gasteiger partial charge in [-0.15, -0.1) is 0 Å². The third-order valence-electron chi connectivity index (χ3n) is 2.78. The number of fused-ring (bicyclic) bond motifs is 1. The van der Waals surface area contributed by atoms with E-state index >= 15 is 0 Å². The standard InChI is InChI=1S/C12H15F3N2O2/c1-17(6-12(13,14)15)5-9(16)8-2-3-10-11(4-8)19-7-18-10/h2-4,9H,5-7,16H2,1H3. The third kappa shape index (κ3) is 3.74. The number of benzene rings is 1. The second-order valence-electron chi connectivity index (χ2n) is 4.53. The van der Waals surface area contributed by atoms with Crippen molar-refractivity contribution < 1.29 is 22.6 Å². The Morgan fingerprint density at radius 2 is 2.00 bits per heavy atom. The summed E-state index contributed by atoms with van der Waals surface area (Å²) in [6, 6.07) is 4.64. The van der Waals surface area contributed by atoms with Crippen LogP contribution in [0.15, 0.2) is 18.2 Å². The molecule has 19 heavy (non-hydrogen) atoms. The lowest BCUT2D eigenvalue weighted by atomic mass is 10.1. The molecule has 7 heteroatoms. The van der Waals surface area contributed by atoms with Gasteiger partial charge in [-0.3, -0.25) is 4.90 Å². The molecule has 2 N–H and O–H groups in total. The number of hydrogen-bond donors (Lipinski definition) is 1. The predicted molar refractivity (Wildman–Crippen MR) is 63.0 cm³/mol. The molecular weight excluding hydrogens is 261 g/mol. The van der Waals surface area contributed by atoms with Crippen LogP contribution in [-0.4, -0.2) is 38.0 Å². The van der Waals surface area contributed by atoms with Gasteiger partial charge in [0.2, 0.25) is 6.79 Å². The molecule has 106 valence electrons. The molecule has 0 bridgehead atoms. The SMILES string of the molecule is CN(CC(N)c1ccc2c(c1)OCO2)CC(F)(F)F. The van der Waals surface area contributed by atoms with Gasteiger partial charge in [0.05, 0.1) is 6.54 Å². The summed E-state index contributed by atoms with van der Waals surface area (Å²) < 4.78 is 47.0. The maximum atomic E-state index is 12.2. The average Bonchev–Trinajstić information content (AvgIpc) is 2.72. The Balaban J connectivity index is 1.98. The highest BCUT2D eigenvalue weighted by Crippen LogP contribution is 2.33. The summed E-state index contributed by atoms with van der Waals surface area (Å²) in [6.45, 7) is -0.716. The molecule has 0 spiro atoms. The van der Waals surface area contributed by atoms with E-state index in [1.54, 1.807) is 18.2 Å². The molecule has 2 rings (SSSR count). The first-order valence-corrected chi connectivity index (χ1v) is 5.75. The highest BCUT2D eigenvalue weighted by molar-refractivity contribution is 5.45. The highest BCUT2D eigenvalue weighted by Gasteiger charge is 2.29. The Morgan fingerprint density at radius 3 is 2.68 bits per heavy atom. The van der Waals surface area contributed by atoms with Gasteiger partial charge < -0.3 is 15.2 Å². The second kappa shape index (κ2) is 5.26. The molecule has 1 unspecified atom stereocenters. The van der Waals surface area contributed by atoms with Gasteiger partial charge in [-0.05, 0) is 24.7 Å². The fourth-order valence-electron chi connectivity index (χ4n) is 1.96. The van der Waals surface area contributed by atoms with Crippen LogP contribution in [0.1, 0.15) is 11.6 Å². The molecule has 0 radical (unpaired) electrons. The molecular formula is C12H15F3N2O2. The number of likely N-dealkylation sites (N-methyl/N-ethyl adjacent to an activating group) is 1. The molecule has 1 aliphatic rings. The number of nitrogens with zero attached hydrogens (tertiary/aromatic N) is 1. The Hall–Kier alpha value is -1.47. The van der Waals surface area contributed by atoms with Crippen molar-refractivity contribution in [2.75, 3.05) is 26.9 Å². The van der Waals surface area contributed by atoms with Crippen molar-refractivity contribution in [2.24, 2.45) is 5.73 Å². The third-order valence-corrected chi connectivity index (χ3v) is 2.78. The van der Waals surface area contributed by atoms with Crippen LogP contribution in [0.4, 0.5) is 13.2 Å². The van der Waals surface area contributed by atoms with Gasteiger partial charge in [-0.2, -0.15) is 13.2 Å². The lowest BCUT2D eigenvalue weighted by molar-refractivity contribution is -0.143. The van der Waals surface area contributed by atoms with Crippen molar-refractivity contribution in [1.29, 1.82) is 0 Å². The predicted octanol–water partition coefficient (Wildman–Crippen LogP) is 1.91. The lowest BCUT2D eigenvalue weighted by Crippen LogP contribution is -2.36. The second-order valence-corrected chi connectivity index (χ2v) is 4.53. The van der Waals surface area contributed by atoms with Crippen LogP contribution < -0.4 is 15.2 Å². The fraction of sp³-hybridized carbons (Fsp3) is 0.500. The largest absolute Gasteiger partial charge is 0.454 e. The average molecular weight is 276 g/mol. The molecule has 0 saturated heterocycles. The first-order chi connectivity index (χ1) is 8.85. The summed E-state index contributed by atoms with van der Waals surface area (Å²) in [6.07, 6.45) is -4.22. The maximum Gasteiger partial charge on any atom is 0.401 e. The highest BCUT2D eigenvalue weighted by atomic mass is 19.4. The zero-order valence-corrected chi connectivity index (χ0v) is 10.4. The summed E-state index contributed by atoms with van der Waals surface area (Å²) in [5.41, 5.74) is 6.62. The van der Waals surface area contributed by atoms with E-state index in [2.05, 4.69) is 0 Å². The molecule has 0 amide bonds. The molecule has 1 atom stereocenters. The van der Waals surface area contributed by atoms with Gasteiger partial charge >= 0.3 is 6.18 Å². The van der Waals surface area contributed by atoms with Crippen molar-refractivity contribution in [2.45, 2.75) is 12.2 Å². The minimum absolute atomic E-state index is 0.110. The number of nitrogens with two attached hydrogens (primary N) is 1. The van der Waals surface area contributed by atoms with E-state index in [0.717, 1.165) is 10.5 Å². The quantitative estimate of drug-likeness (QED) is 0.912. The number of ether oxygens (including phenoxy) is 2. The molecule has 0 aliphatic carbocycles. The lowest BCUT2D eigenvalue weighted by Gasteiger charge is -2.22. The molecule has 1 aromatic carbocycles. The van der Waals surface area contributed by atoms with Gasteiger partial charge in [0.1, 0.15) is 0 Å². The van der Waals surface area contributed by atoms with Gasteiger partial charge in [-0.25, -0.2) is 0 Å². The van der Waals surface area contributed by atoms with E-state index in [1.165, 1.54) is 7.05 Å².